The molecule has 4 heteroatoms. The number of methoxy groups -OCH3 is 2. The van der Waals surface area contributed by atoms with Crippen LogP contribution in [0, 0.1) is 0 Å². The van der Waals surface area contributed by atoms with Crippen molar-refractivity contribution in [3.8, 4) is 5.75 Å². The van der Waals surface area contributed by atoms with E-state index in [4.69, 9.17) is 21.1 Å². The Kier molecular flexibility index (Phi) is 4.59. The number of ether oxygens (including phenoxy) is 2. The average Bonchev–Trinajstić information content (AvgIpc) is 2.17. The Bertz CT molecular complexity index is 350. The second-order valence-electron chi connectivity index (χ2n) is 4.06. The Balaban J connectivity index is 2.90. The first-order valence-electron chi connectivity index (χ1n) is 5.02. The van der Waals surface area contributed by atoms with Crippen molar-refractivity contribution in [1.82, 2.24) is 0 Å². The van der Waals surface area contributed by atoms with Crippen molar-refractivity contribution >= 4 is 11.6 Å². The van der Waals surface area contributed by atoms with Gasteiger partial charge in [0.15, 0.2) is 0 Å². The number of rotatable bonds is 5. The predicted molar refractivity (Wildman–Crippen MR) is 64.2 cm³/mol. The molecule has 1 aromatic rings. The standard InChI is InChI=1S/C12H17ClO3/c1-12(14,8-15-2)7-9-6-10(13)4-5-11(9)16-3/h4-6,14H,7-8H2,1-3H3. The summed E-state index contributed by atoms with van der Waals surface area (Å²) >= 11 is 5.91. The van der Waals surface area contributed by atoms with E-state index in [1.807, 2.05) is 0 Å². The molecule has 0 fully saturated rings. The van der Waals surface area contributed by atoms with Gasteiger partial charge >= 0.3 is 0 Å². The Morgan fingerprint density at radius 1 is 1.38 bits per heavy atom. The maximum absolute atomic E-state index is 10.1. The molecule has 90 valence electrons. The maximum Gasteiger partial charge on any atom is 0.122 e. The van der Waals surface area contributed by atoms with Gasteiger partial charge in [-0.1, -0.05) is 11.6 Å². The summed E-state index contributed by atoms with van der Waals surface area (Å²) in [4.78, 5) is 0. The third-order valence-corrected chi connectivity index (χ3v) is 2.50. The van der Waals surface area contributed by atoms with E-state index >= 15 is 0 Å². The van der Waals surface area contributed by atoms with Crippen molar-refractivity contribution in [2.45, 2.75) is 18.9 Å². The van der Waals surface area contributed by atoms with Gasteiger partial charge in [0.25, 0.3) is 0 Å². The molecule has 1 atom stereocenters. The molecule has 0 radical (unpaired) electrons. The van der Waals surface area contributed by atoms with Gasteiger partial charge in [-0.3, -0.25) is 0 Å². The minimum Gasteiger partial charge on any atom is -0.496 e. The molecule has 0 spiro atoms. The lowest BCUT2D eigenvalue weighted by molar-refractivity contribution is -0.0164. The lowest BCUT2D eigenvalue weighted by Gasteiger charge is -2.23. The molecule has 1 rings (SSSR count). The van der Waals surface area contributed by atoms with E-state index in [2.05, 4.69) is 0 Å². The largest absolute Gasteiger partial charge is 0.496 e. The molecule has 0 bridgehead atoms. The Labute approximate surface area is 101 Å². The van der Waals surface area contributed by atoms with Crippen LogP contribution in [0.15, 0.2) is 18.2 Å². The molecule has 0 amide bonds. The molecule has 0 aliphatic heterocycles. The van der Waals surface area contributed by atoms with Crippen LogP contribution in [-0.4, -0.2) is 31.5 Å². The van der Waals surface area contributed by atoms with Crippen molar-refractivity contribution in [3.05, 3.63) is 28.8 Å². The second-order valence-corrected chi connectivity index (χ2v) is 4.50. The van der Waals surface area contributed by atoms with Gasteiger partial charge in [-0.2, -0.15) is 0 Å². The second kappa shape index (κ2) is 5.53. The highest BCUT2D eigenvalue weighted by molar-refractivity contribution is 6.30. The Hall–Kier alpha value is -0.770. The summed E-state index contributed by atoms with van der Waals surface area (Å²) in [7, 11) is 3.15. The number of hydrogen-bond acceptors (Lipinski definition) is 3. The molecule has 0 aromatic heterocycles. The van der Waals surface area contributed by atoms with Crippen LogP contribution in [0.5, 0.6) is 5.75 Å². The van der Waals surface area contributed by atoms with Gasteiger partial charge in [-0.05, 0) is 30.7 Å². The summed E-state index contributed by atoms with van der Waals surface area (Å²) in [6, 6.07) is 5.35. The number of halogens is 1. The smallest absolute Gasteiger partial charge is 0.122 e. The van der Waals surface area contributed by atoms with Gasteiger partial charge in [0.05, 0.1) is 19.3 Å². The van der Waals surface area contributed by atoms with Crippen LogP contribution in [0.1, 0.15) is 12.5 Å². The fourth-order valence-electron chi connectivity index (χ4n) is 1.66. The quantitative estimate of drug-likeness (QED) is 0.864. The summed E-state index contributed by atoms with van der Waals surface area (Å²) in [6.45, 7) is 1.99. The Morgan fingerprint density at radius 3 is 2.62 bits per heavy atom. The zero-order chi connectivity index (χ0) is 12.2. The van der Waals surface area contributed by atoms with Gasteiger partial charge in [0.2, 0.25) is 0 Å². The third kappa shape index (κ3) is 3.67. The maximum atomic E-state index is 10.1. The van der Waals surface area contributed by atoms with E-state index in [9.17, 15) is 5.11 Å². The molecule has 0 heterocycles. The summed E-state index contributed by atoms with van der Waals surface area (Å²) in [5, 5.41) is 10.7. The first kappa shape index (κ1) is 13.3. The topological polar surface area (TPSA) is 38.7 Å². The third-order valence-electron chi connectivity index (χ3n) is 2.27. The predicted octanol–water partition coefficient (Wildman–Crippen LogP) is 2.29. The van der Waals surface area contributed by atoms with Gasteiger partial charge < -0.3 is 14.6 Å². The number of benzene rings is 1. The molecule has 1 aromatic carbocycles. The van der Waals surface area contributed by atoms with Crippen LogP contribution in [0.4, 0.5) is 0 Å². The van der Waals surface area contributed by atoms with E-state index in [1.165, 1.54) is 0 Å². The molecule has 1 N–H and O–H groups in total. The minimum absolute atomic E-state index is 0.267. The SMILES string of the molecule is COCC(C)(O)Cc1cc(Cl)ccc1OC. The first-order valence-corrected chi connectivity index (χ1v) is 5.40. The van der Waals surface area contributed by atoms with Crippen LogP contribution in [0.3, 0.4) is 0 Å². The summed E-state index contributed by atoms with van der Waals surface area (Å²) in [5.74, 6) is 0.723. The van der Waals surface area contributed by atoms with Crippen LogP contribution in [0.2, 0.25) is 5.02 Å². The highest BCUT2D eigenvalue weighted by atomic mass is 35.5. The van der Waals surface area contributed by atoms with Crippen molar-refractivity contribution < 1.29 is 14.6 Å². The average molecular weight is 245 g/mol. The lowest BCUT2D eigenvalue weighted by atomic mass is 9.97. The van der Waals surface area contributed by atoms with Crippen LogP contribution < -0.4 is 4.74 Å². The molecule has 3 nitrogen and oxygen atoms in total. The number of aliphatic hydroxyl groups is 1. The highest BCUT2D eigenvalue weighted by Gasteiger charge is 2.22. The van der Waals surface area contributed by atoms with Gasteiger partial charge in [0.1, 0.15) is 5.75 Å². The van der Waals surface area contributed by atoms with Gasteiger partial charge in [-0.15, -0.1) is 0 Å². The lowest BCUT2D eigenvalue weighted by Crippen LogP contribution is -2.32. The van der Waals surface area contributed by atoms with Crippen LogP contribution in [-0.2, 0) is 11.2 Å². The molecule has 0 saturated carbocycles. The summed E-state index contributed by atoms with van der Waals surface area (Å²) < 4.78 is 10.2. The fourth-order valence-corrected chi connectivity index (χ4v) is 1.85. The monoisotopic (exact) mass is 244 g/mol. The first-order chi connectivity index (χ1) is 7.48. The number of hydrogen-bond donors (Lipinski definition) is 1. The fraction of sp³-hybridized carbons (Fsp3) is 0.500. The van der Waals surface area contributed by atoms with Crippen LogP contribution >= 0.6 is 11.6 Å². The van der Waals surface area contributed by atoms with Crippen molar-refractivity contribution in [3.63, 3.8) is 0 Å². The van der Waals surface area contributed by atoms with Crippen LogP contribution in [0.25, 0.3) is 0 Å². The van der Waals surface area contributed by atoms with E-state index in [0.29, 0.717) is 11.4 Å². The Morgan fingerprint density at radius 2 is 2.06 bits per heavy atom. The highest BCUT2D eigenvalue weighted by Crippen LogP contribution is 2.26. The van der Waals surface area contributed by atoms with Gasteiger partial charge in [-0.25, -0.2) is 0 Å². The summed E-state index contributed by atoms with van der Waals surface area (Å²) in [6.07, 6.45) is 0.435. The van der Waals surface area contributed by atoms with E-state index in [-0.39, 0.29) is 6.61 Å². The molecule has 0 aliphatic carbocycles. The molecular formula is C12H17ClO3. The molecule has 1 unspecified atom stereocenters. The van der Waals surface area contributed by atoms with Crippen molar-refractivity contribution in [2.24, 2.45) is 0 Å². The van der Waals surface area contributed by atoms with E-state index in [1.54, 1.807) is 39.3 Å². The molecular weight excluding hydrogens is 228 g/mol. The van der Waals surface area contributed by atoms with E-state index < -0.39 is 5.60 Å². The molecule has 16 heavy (non-hydrogen) atoms. The summed E-state index contributed by atoms with van der Waals surface area (Å²) in [5.41, 5.74) is -0.0516. The van der Waals surface area contributed by atoms with E-state index in [0.717, 1.165) is 11.3 Å². The van der Waals surface area contributed by atoms with Crippen molar-refractivity contribution in [2.75, 3.05) is 20.8 Å². The molecule has 0 aliphatic rings. The normalized spacial score (nSPS) is 14.6. The zero-order valence-electron chi connectivity index (χ0n) is 9.79. The minimum atomic E-state index is -0.924. The zero-order valence-corrected chi connectivity index (χ0v) is 10.5. The van der Waals surface area contributed by atoms with Crippen molar-refractivity contribution in [1.29, 1.82) is 0 Å². The van der Waals surface area contributed by atoms with Gasteiger partial charge in [0, 0.05) is 18.6 Å². The molecule has 0 saturated heterocycles.